The van der Waals surface area contributed by atoms with Crippen molar-refractivity contribution in [3.8, 4) is 0 Å². The molecule has 0 bridgehead atoms. The molecule has 2 aliphatic heterocycles. The van der Waals surface area contributed by atoms with E-state index in [1.807, 2.05) is 13.8 Å². The second-order valence-corrected chi connectivity index (χ2v) is 10.2. The van der Waals surface area contributed by atoms with Gasteiger partial charge in [0, 0.05) is 18.8 Å². The predicted molar refractivity (Wildman–Crippen MR) is 120 cm³/mol. The standard InChI is InChI=1S/C23H25N3O6S/c1-14-12-25(13-15(2)32-14)33(30,31)18-10-8-17(9-11-18)24-21(27)16(3)26-22(28)19-6-4-5-7-20(19)23(26)29/h4-11,14-16H,12-13H2,1-3H3,(H,24,27)/t14-,15-,16-/m0/s1. The van der Waals surface area contributed by atoms with Crippen molar-refractivity contribution in [2.75, 3.05) is 18.4 Å². The van der Waals surface area contributed by atoms with E-state index in [1.54, 1.807) is 24.3 Å². The summed E-state index contributed by atoms with van der Waals surface area (Å²) >= 11 is 0. The zero-order valence-electron chi connectivity index (χ0n) is 18.5. The summed E-state index contributed by atoms with van der Waals surface area (Å²) in [5.74, 6) is -1.60. The Hall–Kier alpha value is -3.08. The average Bonchev–Trinajstić information content (AvgIpc) is 3.03. The van der Waals surface area contributed by atoms with E-state index in [1.165, 1.54) is 35.5 Å². The van der Waals surface area contributed by atoms with Crippen LogP contribution in [0.2, 0.25) is 0 Å². The zero-order valence-corrected chi connectivity index (χ0v) is 19.3. The number of anilines is 1. The van der Waals surface area contributed by atoms with E-state index in [0.29, 0.717) is 5.69 Å². The van der Waals surface area contributed by atoms with Gasteiger partial charge in [0.1, 0.15) is 6.04 Å². The monoisotopic (exact) mass is 471 g/mol. The largest absolute Gasteiger partial charge is 0.373 e. The molecule has 1 fully saturated rings. The van der Waals surface area contributed by atoms with Gasteiger partial charge in [-0.3, -0.25) is 19.3 Å². The van der Waals surface area contributed by atoms with Crippen LogP contribution in [0.5, 0.6) is 0 Å². The molecule has 9 nitrogen and oxygen atoms in total. The van der Waals surface area contributed by atoms with Gasteiger partial charge in [-0.2, -0.15) is 4.31 Å². The first-order chi connectivity index (χ1) is 15.6. The Kier molecular flexibility index (Phi) is 6.08. The van der Waals surface area contributed by atoms with Gasteiger partial charge < -0.3 is 10.1 Å². The maximum absolute atomic E-state index is 13.0. The van der Waals surface area contributed by atoms with Crippen LogP contribution < -0.4 is 5.32 Å². The first-order valence-corrected chi connectivity index (χ1v) is 12.1. The maximum Gasteiger partial charge on any atom is 0.262 e. The lowest BCUT2D eigenvalue weighted by Crippen LogP contribution is -2.48. The third-order valence-corrected chi connectivity index (χ3v) is 7.58. The number of hydrogen-bond donors (Lipinski definition) is 1. The van der Waals surface area contributed by atoms with Crippen molar-refractivity contribution >= 4 is 33.4 Å². The highest BCUT2D eigenvalue weighted by atomic mass is 32.2. The Morgan fingerprint density at radius 1 is 0.970 bits per heavy atom. The second kappa shape index (κ2) is 8.69. The Labute approximate surface area is 192 Å². The number of nitrogens with zero attached hydrogens (tertiary/aromatic N) is 2. The van der Waals surface area contributed by atoms with Crippen molar-refractivity contribution in [2.24, 2.45) is 0 Å². The van der Waals surface area contributed by atoms with Gasteiger partial charge in [-0.15, -0.1) is 0 Å². The van der Waals surface area contributed by atoms with Gasteiger partial charge in [0.05, 0.1) is 28.2 Å². The minimum atomic E-state index is -3.70. The average molecular weight is 472 g/mol. The van der Waals surface area contributed by atoms with E-state index >= 15 is 0 Å². The number of fused-ring (bicyclic) bond motifs is 1. The Bertz CT molecular complexity index is 1170. The highest BCUT2D eigenvalue weighted by Gasteiger charge is 2.40. The molecule has 2 heterocycles. The summed E-state index contributed by atoms with van der Waals surface area (Å²) in [6, 6.07) is 11.2. The van der Waals surface area contributed by atoms with Crippen LogP contribution in [-0.2, 0) is 19.6 Å². The molecule has 3 amide bonds. The molecule has 0 saturated carbocycles. The topological polar surface area (TPSA) is 113 Å². The highest BCUT2D eigenvalue weighted by Crippen LogP contribution is 2.26. The molecule has 2 aromatic carbocycles. The Morgan fingerprint density at radius 2 is 1.48 bits per heavy atom. The van der Waals surface area contributed by atoms with Crippen LogP contribution >= 0.6 is 0 Å². The molecule has 10 heteroatoms. The molecule has 0 aromatic heterocycles. The number of benzene rings is 2. The quantitative estimate of drug-likeness (QED) is 0.669. The van der Waals surface area contributed by atoms with E-state index in [4.69, 9.17) is 4.74 Å². The number of morpholine rings is 1. The lowest BCUT2D eigenvalue weighted by atomic mass is 10.1. The molecule has 2 aliphatic rings. The summed E-state index contributed by atoms with van der Waals surface area (Å²) in [7, 11) is -3.70. The molecule has 2 aromatic rings. The number of hydrogen-bond acceptors (Lipinski definition) is 6. The molecule has 0 spiro atoms. The van der Waals surface area contributed by atoms with Gasteiger partial charge in [-0.05, 0) is 57.2 Å². The van der Waals surface area contributed by atoms with Crippen LogP contribution in [0.3, 0.4) is 0 Å². The molecule has 1 N–H and O–H groups in total. The Morgan fingerprint density at radius 3 is 2.00 bits per heavy atom. The van der Waals surface area contributed by atoms with Crippen LogP contribution in [-0.4, -0.2) is 66.7 Å². The number of amides is 3. The van der Waals surface area contributed by atoms with Crippen molar-refractivity contribution in [1.29, 1.82) is 0 Å². The fraction of sp³-hybridized carbons (Fsp3) is 0.348. The Balaban J connectivity index is 1.45. The third kappa shape index (κ3) is 4.29. The van der Waals surface area contributed by atoms with Crippen LogP contribution in [0.15, 0.2) is 53.4 Å². The van der Waals surface area contributed by atoms with Crippen LogP contribution in [0, 0.1) is 0 Å². The van der Waals surface area contributed by atoms with Crippen LogP contribution in [0.25, 0.3) is 0 Å². The SMILES string of the molecule is C[C@H]1CN(S(=O)(=O)c2ccc(NC(=O)[C@H](C)N3C(=O)c4ccccc4C3=O)cc2)C[C@H](C)O1. The number of imide groups is 1. The highest BCUT2D eigenvalue weighted by molar-refractivity contribution is 7.89. The summed E-state index contributed by atoms with van der Waals surface area (Å²) < 4.78 is 32.9. The number of carbonyl (C=O) groups is 3. The third-order valence-electron chi connectivity index (χ3n) is 5.74. The fourth-order valence-corrected chi connectivity index (χ4v) is 5.70. The van der Waals surface area contributed by atoms with E-state index in [-0.39, 0.29) is 41.3 Å². The lowest BCUT2D eigenvalue weighted by Gasteiger charge is -2.34. The molecule has 174 valence electrons. The number of carbonyl (C=O) groups excluding carboxylic acids is 3. The van der Waals surface area contributed by atoms with Gasteiger partial charge in [-0.25, -0.2) is 8.42 Å². The first kappa shape index (κ1) is 23.1. The molecular formula is C23H25N3O6S. The van der Waals surface area contributed by atoms with E-state index in [9.17, 15) is 22.8 Å². The summed E-state index contributed by atoms with van der Waals surface area (Å²) in [5.41, 5.74) is 0.887. The van der Waals surface area contributed by atoms with Gasteiger partial charge in [0.2, 0.25) is 15.9 Å². The molecule has 1 saturated heterocycles. The van der Waals surface area contributed by atoms with Gasteiger partial charge >= 0.3 is 0 Å². The molecule has 0 unspecified atom stereocenters. The molecule has 4 rings (SSSR count). The van der Waals surface area contributed by atoms with Crippen molar-refractivity contribution in [1.82, 2.24) is 9.21 Å². The van der Waals surface area contributed by atoms with Crippen molar-refractivity contribution in [3.05, 3.63) is 59.7 Å². The van der Waals surface area contributed by atoms with E-state index in [0.717, 1.165) is 4.90 Å². The molecule has 0 radical (unpaired) electrons. The van der Waals surface area contributed by atoms with E-state index in [2.05, 4.69) is 5.32 Å². The second-order valence-electron chi connectivity index (χ2n) is 8.29. The van der Waals surface area contributed by atoms with Crippen LogP contribution in [0.4, 0.5) is 5.69 Å². The number of sulfonamides is 1. The zero-order chi connectivity index (χ0) is 23.9. The van der Waals surface area contributed by atoms with Gasteiger partial charge in [-0.1, -0.05) is 12.1 Å². The summed E-state index contributed by atoms with van der Waals surface area (Å²) in [5, 5.41) is 2.65. The molecule has 3 atom stereocenters. The molecule has 0 aliphatic carbocycles. The number of nitrogens with one attached hydrogen (secondary N) is 1. The summed E-state index contributed by atoms with van der Waals surface area (Å²) in [6.07, 6.45) is -0.406. The predicted octanol–water partition coefficient (Wildman–Crippen LogP) is 2.11. The fourth-order valence-electron chi connectivity index (χ4n) is 4.11. The van der Waals surface area contributed by atoms with Crippen molar-refractivity contribution in [3.63, 3.8) is 0 Å². The molecular weight excluding hydrogens is 446 g/mol. The minimum Gasteiger partial charge on any atom is -0.373 e. The molecule has 33 heavy (non-hydrogen) atoms. The summed E-state index contributed by atoms with van der Waals surface area (Å²) in [4.78, 5) is 39.0. The lowest BCUT2D eigenvalue weighted by molar-refractivity contribution is -0.119. The van der Waals surface area contributed by atoms with E-state index < -0.39 is 33.8 Å². The van der Waals surface area contributed by atoms with Gasteiger partial charge in [0.25, 0.3) is 11.8 Å². The minimum absolute atomic E-state index is 0.107. The smallest absolute Gasteiger partial charge is 0.262 e. The summed E-state index contributed by atoms with van der Waals surface area (Å²) in [6.45, 7) is 5.65. The number of ether oxygens (including phenoxy) is 1. The normalized spacial score (nSPS) is 22.2. The van der Waals surface area contributed by atoms with Crippen LogP contribution in [0.1, 0.15) is 41.5 Å². The maximum atomic E-state index is 13.0. The van der Waals surface area contributed by atoms with Crippen molar-refractivity contribution in [2.45, 2.75) is 43.9 Å². The first-order valence-electron chi connectivity index (χ1n) is 10.6. The number of rotatable bonds is 5. The van der Waals surface area contributed by atoms with Gasteiger partial charge in [0.15, 0.2) is 0 Å². The van der Waals surface area contributed by atoms with Crippen molar-refractivity contribution < 1.29 is 27.5 Å².